The van der Waals surface area contributed by atoms with Gasteiger partial charge in [-0.25, -0.2) is 0 Å². The molecule has 2 saturated heterocycles. The van der Waals surface area contributed by atoms with E-state index in [1.165, 1.54) is 4.90 Å². The molecule has 0 bridgehead atoms. The Morgan fingerprint density at radius 2 is 2.05 bits per heavy atom. The van der Waals surface area contributed by atoms with Crippen molar-refractivity contribution in [3.05, 3.63) is 34.9 Å². The van der Waals surface area contributed by atoms with Gasteiger partial charge in [-0.2, -0.15) is 0 Å². The maximum atomic E-state index is 12.6. The molecule has 0 aliphatic carbocycles. The molecule has 1 aromatic carbocycles. The summed E-state index contributed by atoms with van der Waals surface area (Å²) in [6, 6.07) is 5.59. The molecule has 116 valence electrons. The molecule has 0 radical (unpaired) electrons. The largest absolute Gasteiger partial charge is 0.336 e. The van der Waals surface area contributed by atoms with Gasteiger partial charge in [0.2, 0.25) is 5.91 Å². The van der Waals surface area contributed by atoms with E-state index in [0.29, 0.717) is 25.1 Å². The van der Waals surface area contributed by atoms with Gasteiger partial charge in [0.05, 0.1) is 11.8 Å². The highest BCUT2D eigenvalue weighted by atomic mass is 32.2. The molecule has 1 unspecified atom stereocenters. The number of likely N-dealkylation sites (tertiary alicyclic amines) is 1. The summed E-state index contributed by atoms with van der Waals surface area (Å²) in [4.78, 5) is 39.3. The smallest absolute Gasteiger partial charge is 0.289 e. The monoisotopic (exact) mass is 318 g/mol. The number of hydrogen-bond acceptors (Lipinski definition) is 4. The molecule has 0 spiro atoms. The summed E-state index contributed by atoms with van der Waals surface area (Å²) in [7, 11) is 0. The van der Waals surface area contributed by atoms with E-state index in [2.05, 4.69) is 0 Å². The molecule has 3 amide bonds. The second kappa shape index (κ2) is 5.76. The zero-order valence-corrected chi connectivity index (χ0v) is 13.5. The maximum absolute atomic E-state index is 12.6. The van der Waals surface area contributed by atoms with E-state index >= 15 is 0 Å². The third-order valence-corrected chi connectivity index (χ3v) is 5.05. The van der Waals surface area contributed by atoms with E-state index in [1.807, 2.05) is 32.0 Å². The molecule has 6 heteroatoms. The number of imide groups is 1. The van der Waals surface area contributed by atoms with Crippen LogP contribution in [0.4, 0.5) is 4.79 Å². The lowest BCUT2D eigenvalue weighted by molar-refractivity contribution is -0.126. The lowest BCUT2D eigenvalue weighted by Crippen LogP contribution is -2.41. The summed E-state index contributed by atoms with van der Waals surface area (Å²) in [6.45, 7) is 4.94. The molecule has 0 aromatic heterocycles. The van der Waals surface area contributed by atoms with E-state index < -0.39 is 0 Å². The van der Waals surface area contributed by atoms with Crippen LogP contribution in [0, 0.1) is 13.8 Å². The quantitative estimate of drug-likeness (QED) is 0.839. The zero-order valence-electron chi connectivity index (χ0n) is 12.7. The summed E-state index contributed by atoms with van der Waals surface area (Å²) in [6.07, 6.45) is 0.661. The first-order valence-corrected chi connectivity index (χ1v) is 8.31. The molecule has 2 aliphatic rings. The van der Waals surface area contributed by atoms with Crippen LogP contribution in [0.2, 0.25) is 0 Å². The van der Waals surface area contributed by atoms with Gasteiger partial charge in [-0.3, -0.25) is 19.3 Å². The molecule has 2 heterocycles. The minimum absolute atomic E-state index is 0.0215. The lowest BCUT2D eigenvalue weighted by Gasteiger charge is -2.22. The van der Waals surface area contributed by atoms with Crippen LogP contribution in [-0.4, -0.2) is 51.7 Å². The Kier molecular flexibility index (Phi) is 3.95. The Balaban J connectivity index is 1.73. The van der Waals surface area contributed by atoms with Crippen LogP contribution < -0.4 is 0 Å². The molecule has 22 heavy (non-hydrogen) atoms. The summed E-state index contributed by atoms with van der Waals surface area (Å²) in [5.41, 5.74) is 2.77. The molecular formula is C16H18N2O3S. The van der Waals surface area contributed by atoms with Gasteiger partial charge in [0.15, 0.2) is 0 Å². The van der Waals surface area contributed by atoms with Crippen LogP contribution in [0.5, 0.6) is 0 Å². The maximum Gasteiger partial charge on any atom is 0.289 e. The molecule has 0 saturated carbocycles. The van der Waals surface area contributed by atoms with Crippen molar-refractivity contribution in [2.75, 3.05) is 18.8 Å². The van der Waals surface area contributed by atoms with Crippen LogP contribution in [0.3, 0.4) is 0 Å². The van der Waals surface area contributed by atoms with Crippen molar-refractivity contribution < 1.29 is 14.4 Å². The van der Waals surface area contributed by atoms with Crippen molar-refractivity contribution in [3.63, 3.8) is 0 Å². The van der Waals surface area contributed by atoms with Gasteiger partial charge in [-0.15, -0.1) is 0 Å². The second-order valence-corrected chi connectivity index (χ2v) is 6.76. The third-order valence-electron chi connectivity index (χ3n) is 4.21. The average molecular weight is 318 g/mol. The molecule has 2 fully saturated rings. The van der Waals surface area contributed by atoms with Crippen molar-refractivity contribution >= 4 is 28.8 Å². The Hall–Kier alpha value is -1.82. The highest BCUT2D eigenvalue weighted by Gasteiger charge is 2.40. The topological polar surface area (TPSA) is 57.7 Å². The number of benzene rings is 1. The van der Waals surface area contributed by atoms with Gasteiger partial charge in [0.1, 0.15) is 0 Å². The fourth-order valence-corrected chi connectivity index (χ4v) is 3.85. The van der Waals surface area contributed by atoms with Crippen molar-refractivity contribution in [2.45, 2.75) is 26.3 Å². The second-order valence-electron chi connectivity index (χ2n) is 5.83. The fraction of sp³-hybridized carbons (Fsp3) is 0.438. The van der Waals surface area contributed by atoms with E-state index in [4.69, 9.17) is 0 Å². The normalized spacial score (nSPS) is 21.8. The van der Waals surface area contributed by atoms with E-state index in [1.54, 1.807) is 4.90 Å². The molecule has 1 atom stereocenters. The molecule has 5 nitrogen and oxygen atoms in total. The third kappa shape index (κ3) is 2.63. The summed E-state index contributed by atoms with van der Waals surface area (Å²) < 4.78 is 0. The summed E-state index contributed by atoms with van der Waals surface area (Å²) in [5, 5.41) is -0.184. The van der Waals surface area contributed by atoms with Gasteiger partial charge < -0.3 is 4.90 Å². The summed E-state index contributed by atoms with van der Waals surface area (Å²) >= 11 is 1.04. The average Bonchev–Trinajstić information content (AvgIpc) is 3.05. The number of aryl methyl sites for hydroxylation is 2. The van der Waals surface area contributed by atoms with E-state index in [0.717, 1.165) is 22.9 Å². The van der Waals surface area contributed by atoms with Crippen LogP contribution in [-0.2, 0) is 4.79 Å². The zero-order chi connectivity index (χ0) is 15.9. The highest BCUT2D eigenvalue weighted by molar-refractivity contribution is 8.14. The standard InChI is InChI=1S/C16H18N2O3S/c1-10-3-4-13(11(2)7-10)15(20)17-6-5-12(8-17)18-14(19)9-22-16(18)21/h3-4,7,12H,5-6,8-9H2,1-2H3. The SMILES string of the molecule is Cc1ccc(C(=O)N2CCC(N3C(=O)CSC3=O)C2)c(C)c1. The molecule has 3 rings (SSSR count). The number of rotatable bonds is 2. The van der Waals surface area contributed by atoms with Gasteiger partial charge in [0, 0.05) is 18.7 Å². The highest BCUT2D eigenvalue weighted by Crippen LogP contribution is 2.27. The van der Waals surface area contributed by atoms with Crippen molar-refractivity contribution in [3.8, 4) is 0 Å². The van der Waals surface area contributed by atoms with E-state index in [-0.39, 0.29) is 28.8 Å². The van der Waals surface area contributed by atoms with Crippen molar-refractivity contribution in [1.29, 1.82) is 0 Å². The fourth-order valence-electron chi connectivity index (χ4n) is 3.08. The van der Waals surface area contributed by atoms with Crippen molar-refractivity contribution in [1.82, 2.24) is 9.80 Å². The van der Waals surface area contributed by atoms with Crippen molar-refractivity contribution in [2.24, 2.45) is 0 Å². The first-order chi connectivity index (χ1) is 10.5. The van der Waals surface area contributed by atoms with E-state index in [9.17, 15) is 14.4 Å². The molecule has 1 aromatic rings. The molecule has 0 N–H and O–H groups in total. The van der Waals surface area contributed by atoms with Crippen LogP contribution in [0.25, 0.3) is 0 Å². The van der Waals surface area contributed by atoms with Gasteiger partial charge in [0.25, 0.3) is 11.1 Å². The minimum atomic E-state index is -0.184. The van der Waals surface area contributed by atoms with Gasteiger partial charge in [-0.05, 0) is 31.9 Å². The summed E-state index contributed by atoms with van der Waals surface area (Å²) in [5.74, 6) is 0.0629. The lowest BCUT2D eigenvalue weighted by atomic mass is 10.0. The number of hydrogen-bond donors (Lipinski definition) is 0. The Bertz CT molecular complexity index is 643. The van der Waals surface area contributed by atoms with Crippen LogP contribution >= 0.6 is 11.8 Å². The van der Waals surface area contributed by atoms with Gasteiger partial charge >= 0.3 is 0 Å². The first-order valence-electron chi connectivity index (χ1n) is 7.32. The number of nitrogens with zero attached hydrogens (tertiary/aromatic N) is 2. The number of thioether (sulfide) groups is 1. The van der Waals surface area contributed by atoms with Crippen LogP contribution in [0.15, 0.2) is 18.2 Å². The minimum Gasteiger partial charge on any atom is -0.336 e. The predicted molar refractivity (Wildman–Crippen MR) is 84.9 cm³/mol. The van der Waals surface area contributed by atoms with Crippen LogP contribution in [0.1, 0.15) is 27.9 Å². The predicted octanol–water partition coefficient (Wildman–Crippen LogP) is 2.21. The molecular weight excluding hydrogens is 300 g/mol. The Labute approximate surface area is 133 Å². The van der Waals surface area contributed by atoms with Gasteiger partial charge in [-0.1, -0.05) is 29.5 Å². The Morgan fingerprint density at radius 3 is 2.68 bits per heavy atom. The molecule has 2 aliphatic heterocycles. The number of carbonyl (C=O) groups is 3. The first kappa shape index (κ1) is 15.1. The Morgan fingerprint density at radius 1 is 1.27 bits per heavy atom. The number of carbonyl (C=O) groups excluding carboxylic acids is 3. The number of amides is 3.